The zero-order valence-corrected chi connectivity index (χ0v) is 8.20. The van der Waals surface area contributed by atoms with Crippen LogP contribution >= 0.6 is 0 Å². The van der Waals surface area contributed by atoms with E-state index in [1.54, 1.807) is 4.68 Å². The van der Waals surface area contributed by atoms with Crippen molar-refractivity contribution in [2.75, 3.05) is 0 Å². The number of hydrogen-bond acceptors (Lipinski definition) is 2. The number of aliphatic imine (C=N–C) groups is 1. The quantitative estimate of drug-likeness (QED) is 0.556. The second kappa shape index (κ2) is 4.64. The fraction of sp³-hybridized carbons (Fsp3) is 0.556. The molecule has 1 heterocycles. The number of amidine groups is 1. The molecule has 1 aromatic heterocycles. The molecule has 0 amide bonds. The van der Waals surface area contributed by atoms with Crippen LogP contribution in [0.25, 0.3) is 0 Å². The molecule has 0 spiro atoms. The van der Waals surface area contributed by atoms with E-state index in [2.05, 4.69) is 17.0 Å². The first-order valence-corrected chi connectivity index (χ1v) is 4.49. The third kappa shape index (κ3) is 3.27. The van der Waals surface area contributed by atoms with E-state index in [1.807, 2.05) is 19.3 Å². The maximum Gasteiger partial charge on any atom is 0.0941 e. The molecule has 0 radical (unpaired) electrons. The molecular weight excluding hydrogens is 164 g/mol. The Labute approximate surface area is 78.5 Å². The number of nitrogens with zero attached hydrogens (tertiary/aromatic N) is 3. The summed E-state index contributed by atoms with van der Waals surface area (Å²) in [5.74, 6) is 0.716. The number of rotatable bonds is 4. The van der Waals surface area contributed by atoms with Crippen LogP contribution in [0.1, 0.15) is 25.5 Å². The third-order valence-corrected chi connectivity index (χ3v) is 1.72. The molecule has 4 heteroatoms. The van der Waals surface area contributed by atoms with Gasteiger partial charge in [0.2, 0.25) is 0 Å². The highest BCUT2D eigenvalue weighted by molar-refractivity contribution is 5.80. The highest BCUT2D eigenvalue weighted by Crippen LogP contribution is 1.97. The fourth-order valence-corrected chi connectivity index (χ4v) is 1.07. The Morgan fingerprint density at radius 2 is 2.46 bits per heavy atom. The molecule has 0 unspecified atom stereocenters. The zero-order chi connectivity index (χ0) is 9.68. The van der Waals surface area contributed by atoms with E-state index in [9.17, 15) is 0 Å². The minimum atomic E-state index is 0.590. The second-order valence-electron chi connectivity index (χ2n) is 3.04. The van der Waals surface area contributed by atoms with Gasteiger partial charge in [-0.1, -0.05) is 6.92 Å². The van der Waals surface area contributed by atoms with Crippen molar-refractivity contribution < 1.29 is 0 Å². The Kier molecular flexibility index (Phi) is 3.49. The Hall–Kier alpha value is -1.32. The van der Waals surface area contributed by atoms with Crippen LogP contribution in [0, 0.1) is 0 Å². The molecule has 2 N–H and O–H groups in total. The summed E-state index contributed by atoms with van der Waals surface area (Å²) < 4.78 is 1.76. The molecule has 4 nitrogen and oxygen atoms in total. The summed E-state index contributed by atoms with van der Waals surface area (Å²) in [4.78, 5) is 4.22. The lowest BCUT2D eigenvalue weighted by Crippen LogP contribution is -2.11. The molecule has 72 valence electrons. The van der Waals surface area contributed by atoms with E-state index < -0.39 is 0 Å². The summed E-state index contributed by atoms with van der Waals surface area (Å²) in [5, 5.41) is 4.20. The number of hydrogen-bond donors (Lipinski definition) is 1. The lowest BCUT2D eigenvalue weighted by atomic mass is 10.3. The van der Waals surface area contributed by atoms with Crippen LogP contribution in [0.5, 0.6) is 0 Å². The van der Waals surface area contributed by atoms with Crippen molar-refractivity contribution in [1.82, 2.24) is 9.78 Å². The molecule has 0 aliphatic rings. The lowest BCUT2D eigenvalue weighted by molar-refractivity contribution is 0.742. The Morgan fingerprint density at radius 1 is 1.69 bits per heavy atom. The Morgan fingerprint density at radius 3 is 3.00 bits per heavy atom. The van der Waals surface area contributed by atoms with Gasteiger partial charge >= 0.3 is 0 Å². The van der Waals surface area contributed by atoms with Crippen molar-refractivity contribution in [3.63, 3.8) is 0 Å². The van der Waals surface area contributed by atoms with E-state index in [4.69, 9.17) is 5.73 Å². The zero-order valence-electron chi connectivity index (χ0n) is 8.20. The number of aromatic nitrogens is 2. The standard InChI is InChI=1S/C9H16N4/c1-3-4-9(10)11-7-8-5-6-13(2)12-8/h5-6H,3-4,7H2,1-2H3,(H2,10,11). The monoisotopic (exact) mass is 180 g/mol. The first-order valence-electron chi connectivity index (χ1n) is 4.49. The molecule has 0 saturated heterocycles. The van der Waals surface area contributed by atoms with E-state index >= 15 is 0 Å². The molecule has 0 saturated carbocycles. The SMILES string of the molecule is CCCC(N)=NCc1ccn(C)n1. The van der Waals surface area contributed by atoms with Crippen LogP contribution in [-0.4, -0.2) is 15.6 Å². The van der Waals surface area contributed by atoms with Gasteiger partial charge in [0.1, 0.15) is 0 Å². The van der Waals surface area contributed by atoms with Crippen LogP contribution in [0.2, 0.25) is 0 Å². The van der Waals surface area contributed by atoms with Gasteiger partial charge in [-0.15, -0.1) is 0 Å². The Bertz CT molecular complexity index is 288. The van der Waals surface area contributed by atoms with E-state index in [0.29, 0.717) is 12.4 Å². The molecule has 1 rings (SSSR count). The van der Waals surface area contributed by atoms with Crippen LogP contribution in [0.15, 0.2) is 17.3 Å². The van der Waals surface area contributed by atoms with E-state index in [0.717, 1.165) is 18.5 Å². The van der Waals surface area contributed by atoms with Gasteiger partial charge < -0.3 is 5.73 Å². The van der Waals surface area contributed by atoms with Crippen LogP contribution in [0.4, 0.5) is 0 Å². The van der Waals surface area contributed by atoms with Crippen molar-refractivity contribution in [2.24, 2.45) is 17.8 Å². The van der Waals surface area contributed by atoms with Crippen LogP contribution in [0.3, 0.4) is 0 Å². The van der Waals surface area contributed by atoms with E-state index in [-0.39, 0.29) is 0 Å². The van der Waals surface area contributed by atoms with Gasteiger partial charge in [-0.05, 0) is 12.5 Å². The molecule has 1 aromatic rings. The average molecular weight is 180 g/mol. The largest absolute Gasteiger partial charge is 0.387 e. The summed E-state index contributed by atoms with van der Waals surface area (Å²) >= 11 is 0. The van der Waals surface area contributed by atoms with Crippen molar-refractivity contribution >= 4 is 5.84 Å². The summed E-state index contributed by atoms with van der Waals surface area (Å²) in [5.41, 5.74) is 6.61. The minimum absolute atomic E-state index is 0.590. The molecular formula is C9H16N4. The van der Waals surface area contributed by atoms with Gasteiger partial charge in [0.05, 0.1) is 18.1 Å². The average Bonchev–Trinajstić information content (AvgIpc) is 2.49. The van der Waals surface area contributed by atoms with Crippen molar-refractivity contribution in [1.29, 1.82) is 0 Å². The molecule has 0 aliphatic carbocycles. The normalized spacial score (nSPS) is 12.0. The number of aryl methyl sites for hydroxylation is 1. The van der Waals surface area contributed by atoms with E-state index in [1.165, 1.54) is 0 Å². The van der Waals surface area contributed by atoms with Crippen LogP contribution < -0.4 is 5.73 Å². The van der Waals surface area contributed by atoms with Crippen molar-refractivity contribution in [2.45, 2.75) is 26.3 Å². The van der Waals surface area contributed by atoms with Crippen molar-refractivity contribution in [3.05, 3.63) is 18.0 Å². The predicted molar refractivity (Wildman–Crippen MR) is 53.4 cm³/mol. The van der Waals surface area contributed by atoms with Gasteiger partial charge in [-0.2, -0.15) is 5.10 Å². The molecule has 0 bridgehead atoms. The van der Waals surface area contributed by atoms with Gasteiger partial charge in [-0.3, -0.25) is 9.67 Å². The summed E-state index contributed by atoms with van der Waals surface area (Å²) in [6, 6.07) is 1.95. The summed E-state index contributed by atoms with van der Waals surface area (Å²) in [7, 11) is 1.89. The van der Waals surface area contributed by atoms with Crippen LogP contribution in [-0.2, 0) is 13.6 Å². The summed E-state index contributed by atoms with van der Waals surface area (Å²) in [6.07, 6.45) is 3.81. The molecule has 0 fully saturated rings. The minimum Gasteiger partial charge on any atom is -0.387 e. The highest BCUT2D eigenvalue weighted by Gasteiger charge is 1.95. The third-order valence-electron chi connectivity index (χ3n) is 1.72. The molecule has 0 atom stereocenters. The maximum absolute atomic E-state index is 5.65. The molecule has 0 aromatic carbocycles. The lowest BCUT2D eigenvalue weighted by Gasteiger charge is -1.95. The van der Waals surface area contributed by atoms with Gasteiger partial charge in [0.15, 0.2) is 0 Å². The summed E-state index contributed by atoms with van der Waals surface area (Å²) in [6.45, 7) is 2.68. The second-order valence-corrected chi connectivity index (χ2v) is 3.04. The Balaban J connectivity index is 2.46. The van der Waals surface area contributed by atoms with Gasteiger partial charge in [0.25, 0.3) is 0 Å². The number of nitrogens with two attached hydrogens (primary N) is 1. The first-order chi connectivity index (χ1) is 6.22. The maximum atomic E-state index is 5.65. The molecule has 0 aliphatic heterocycles. The molecule has 13 heavy (non-hydrogen) atoms. The smallest absolute Gasteiger partial charge is 0.0941 e. The van der Waals surface area contributed by atoms with Gasteiger partial charge in [-0.25, -0.2) is 0 Å². The highest BCUT2D eigenvalue weighted by atomic mass is 15.2. The van der Waals surface area contributed by atoms with Crippen molar-refractivity contribution in [3.8, 4) is 0 Å². The first kappa shape index (κ1) is 9.77. The van der Waals surface area contributed by atoms with Gasteiger partial charge in [0, 0.05) is 19.7 Å². The fourth-order valence-electron chi connectivity index (χ4n) is 1.07. The topological polar surface area (TPSA) is 56.2 Å². The predicted octanol–water partition coefficient (Wildman–Crippen LogP) is 1.08.